The molecule has 1 saturated heterocycles. The number of anilines is 1. The predicted octanol–water partition coefficient (Wildman–Crippen LogP) is 3.28. The number of hydrogen-bond donors (Lipinski definition) is 1. The molecule has 0 radical (unpaired) electrons. The summed E-state index contributed by atoms with van der Waals surface area (Å²) in [7, 11) is 0. The summed E-state index contributed by atoms with van der Waals surface area (Å²) >= 11 is 1.34. The molecule has 0 unspecified atom stereocenters. The van der Waals surface area contributed by atoms with Gasteiger partial charge in [-0.3, -0.25) is 4.79 Å². The Morgan fingerprint density at radius 1 is 1.23 bits per heavy atom. The van der Waals surface area contributed by atoms with Gasteiger partial charge in [-0.15, -0.1) is 10.2 Å². The minimum Gasteiger partial charge on any atom is -0.480 e. The quantitative estimate of drug-likeness (QED) is 0.653. The van der Waals surface area contributed by atoms with Crippen molar-refractivity contribution in [3.05, 3.63) is 41.6 Å². The van der Waals surface area contributed by atoms with Crippen LogP contribution in [0.1, 0.15) is 29.9 Å². The number of carbonyl (C=O) groups is 1. The second-order valence-electron chi connectivity index (χ2n) is 6.89. The van der Waals surface area contributed by atoms with Gasteiger partial charge in [0.2, 0.25) is 5.82 Å². The minimum atomic E-state index is -4.36. The summed E-state index contributed by atoms with van der Waals surface area (Å²) in [6, 6.07) is 5.77. The van der Waals surface area contributed by atoms with Crippen LogP contribution in [0.4, 0.5) is 18.3 Å². The number of hydrogen-bond acceptors (Lipinski definition) is 7. The monoisotopic (exact) mass is 438 g/mol. The molecule has 0 saturated carbocycles. The molecule has 4 rings (SSSR count). The second kappa shape index (κ2) is 8.01. The third kappa shape index (κ3) is 4.27. The van der Waals surface area contributed by atoms with Gasteiger partial charge in [-0.1, -0.05) is 29.5 Å². The Hall–Kier alpha value is -3.02. The number of benzene rings is 1. The number of rotatable bonds is 5. The van der Waals surface area contributed by atoms with E-state index in [1.54, 1.807) is 18.3 Å². The van der Waals surface area contributed by atoms with Crippen molar-refractivity contribution < 1.29 is 23.1 Å². The number of halogens is 3. The average molecular weight is 438 g/mol. The lowest BCUT2D eigenvalue weighted by atomic mass is 9.86. The molecule has 0 spiro atoms. The molecule has 1 aliphatic rings. The topological polar surface area (TPSA) is 97.0 Å². The van der Waals surface area contributed by atoms with Gasteiger partial charge < -0.3 is 10.0 Å². The molecular weight excluding hydrogens is 421 g/mol. The van der Waals surface area contributed by atoms with E-state index in [9.17, 15) is 18.0 Å². The molecular formula is C18H17F3N6O2S. The first kappa shape index (κ1) is 20.3. The largest absolute Gasteiger partial charge is 0.480 e. The highest BCUT2D eigenvalue weighted by Gasteiger charge is 2.35. The summed E-state index contributed by atoms with van der Waals surface area (Å²) in [5.74, 6) is -0.941. The number of aliphatic carboxylic acids is 1. The van der Waals surface area contributed by atoms with Crippen molar-refractivity contribution in [2.75, 3.05) is 18.0 Å². The van der Waals surface area contributed by atoms with Gasteiger partial charge >= 0.3 is 12.1 Å². The smallest absolute Gasteiger partial charge is 0.416 e. The van der Waals surface area contributed by atoms with E-state index in [0.29, 0.717) is 36.4 Å². The number of carboxylic acids is 1. The van der Waals surface area contributed by atoms with Gasteiger partial charge in [-0.05, 0) is 35.6 Å². The van der Waals surface area contributed by atoms with Crippen LogP contribution in [0.5, 0.6) is 0 Å². The molecule has 0 aliphatic carbocycles. The number of tetrazole rings is 1. The Balaban J connectivity index is 1.43. The molecule has 1 aliphatic heterocycles. The van der Waals surface area contributed by atoms with E-state index in [2.05, 4.69) is 20.4 Å². The number of nitrogens with zero attached hydrogens (tertiary/aromatic N) is 6. The summed E-state index contributed by atoms with van der Waals surface area (Å²) in [4.78, 5) is 18.8. The molecule has 3 heterocycles. The van der Waals surface area contributed by atoms with Crippen molar-refractivity contribution in [1.29, 1.82) is 0 Å². The van der Waals surface area contributed by atoms with Gasteiger partial charge in [0.1, 0.15) is 0 Å². The molecule has 3 aromatic rings. The van der Waals surface area contributed by atoms with E-state index in [1.165, 1.54) is 17.4 Å². The normalized spacial score (nSPS) is 15.5. The number of piperidine rings is 1. The maximum atomic E-state index is 13.3. The van der Waals surface area contributed by atoms with Crippen molar-refractivity contribution in [3.63, 3.8) is 0 Å². The van der Waals surface area contributed by atoms with Crippen molar-refractivity contribution >= 4 is 22.4 Å². The molecule has 0 bridgehead atoms. The second-order valence-corrected chi connectivity index (χ2v) is 7.90. The SMILES string of the molecule is O=C(O)Cn1nnc(-c2cnc(N3CCC(c4ccccc4C(F)(F)F)CC3)s2)n1. The van der Waals surface area contributed by atoms with Crippen LogP contribution in [0.2, 0.25) is 0 Å². The lowest BCUT2D eigenvalue weighted by Crippen LogP contribution is -2.33. The molecule has 1 N–H and O–H groups in total. The number of aromatic nitrogens is 5. The Labute approximate surface area is 173 Å². The van der Waals surface area contributed by atoms with Crippen molar-refractivity contribution in [2.45, 2.75) is 31.5 Å². The predicted molar refractivity (Wildman–Crippen MR) is 102 cm³/mol. The molecule has 0 amide bonds. The van der Waals surface area contributed by atoms with Gasteiger partial charge in [-0.25, -0.2) is 4.98 Å². The van der Waals surface area contributed by atoms with E-state index < -0.39 is 17.7 Å². The maximum Gasteiger partial charge on any atom is 0.416 e. The first-order valence-electron chi connectivity index (χ1n) is 9.18. The van der Waals surface area contributed by atoms with Crippen LogP contribution in [-0.4, -0.2) is 49.4 Å². The lowest BCUT2D eigenvalue weighted by molar-refractivity contribution is -0.139. The molecule has 2 aromatic heterocycles. The fraction of sp³-hybridized carbons (Fsp3) is 0.389. The zero-order chi connectivity index (χ0) is 21.3. The first-order valence-corrected chi connectivity index (χ1v) is 10.00. The summed E-state index contributed by atoms with van der Waals surface area (Å²) in [5, 5.41) is 21.1. The Morgan fingerprint density at radius 2 is 1.97 bits per heavy atom. The third-order valence-electron chi connectivity index (χ3n) is 4.91. The molecule has 0 atom stereocenters. The van der Waals surface area contributed by atoms with Crippen LogP contribution in [0.15, 0.2) is 30.5 Å². The number of thiazole rings is 1. The van der Waals surface area contributed by atoms with Crippen LogP contribution >= 0.6 is 11.3 Å². The van der Waals surface area contributed by atoms with E-state index in [-0.39, 0.29) is 18.3 Å². The fourth-order valence-electron chi connectivity index (χ4n) is 3.54. The van der Waals surface area contributed by atoms with Crippen molar-refractivity contribution in [2.24, 2.45) is 0 Å². The molecule has 1 fully saturated rings. The van der Waals surface area contributed by atoms with Crippen LogP contribution in [0.25, 0.3) is 10.7 Å². The summed E-state index contributed by atoms with van der Waals surface area (Å²) in [6.07, 6.45) is -1.58. The molecule has 30 heavy (non-hydrogen) atoms. The third-order valence-corrected chi connectivity index (χ3v) is 5.97. The van der Waals surface area contributed by atoms with Crippen LogP contribution in [0.3, 0.4) is 0 Å². The highest BCUT2D eigenvalue weighted by atomic mass is 32.1. The summed E-state index contributed by atoms with van der Waals surface area (Å²) in [6.45, 7) is 0.789. The molecule has 158 valence electrons. The number of alkyl halides is 3. The molecule has 1 aromatic carbocycles. The maximum absolute atomic E-state index is 13.3. The number of carboxylic acid groups (broad SMARTS) is 1. The van der Waals surface area contributed by atoms with E-state index >= 15 is 0 Å². The van der Waals surface area contributed by atoms with Crippen molar-refractivity contribution in [3.8, 4) is 10.7 Å². The Kier molecular flexibility index (Phi) is 5.41. The zero-order valence-corrected chi connectivity index (χ0v) is 16.4. The molecule has 12 heteroatoms. The van der Waals surface area contributed by atoms with Gasteiger partial charge in [0.15, 0.2) is 11.7 Å². The first-order chi connectivity index (χ1) is 14.3. The minimum absolute atomic E-state index is 0.156. The molecule has 8 nitrogen and oxygen atoms in total. The van der Waals surface area contributed by atoms with Crippen LogP contribution in [0, 0.1) is 0 Å². The van der Waals surface area contributed by atoms with E-state index in [4.69, 9.17) is 5.11 Å². The summed E-state index contributed by atoms with van der Waals surface area (Å²) < 4.78 is 39.9. The van der Waals surface area contributed by atoms with Gasteiger partial charge in [0.25, 0.3) is 0 Å². The Morgan fingerprint density at radius 3 is 2.67 bits per heavy atom. The highest BCUT2D eigenvalue weighted by Crippen LogP contribution is 2.40. The zero-order valence-electron chi connectivity index (χ0n) is 15.6. The standard InChI is InChI=1S/C18H17F3N6O2S/c19-18(20,21)13-4-2-1-3-12(13)11-5-7-26(8-6-11)17-22-9-14(30-17)16-23-25-27(24-16)10-15(28)29/h1-4,9,11H,5-8,10H2,(H,28,29). The van der Waals surface area contributed by atoms with Gasteiger partial charge in [0, 0.05) is 13.1 Å². The van der Waals surface area contributed by atoms with Crippen LogP contribution < -0.4 is 4.90 Å². The van der Waals surface area contributed by atoms with Crippen molar-refractivity contribution in [1.82, 2.24) is 25.2 Å². The lowest BCUT2D eigenvalue weighted by Gasteiger charge is -2.33. The van der Waals surface area contributed by atoms with Gasteiger partial charge in [-0.2, -0.15) is 18.0 Å². The highest BCUT2D eigenvalue weighted by molar-refractivity contribution is 7.18. The average Bonchev–Trinajstić information content (AvgIpc) is 3.37. The summed E-state index contributed by atoms with van der Waals surface area (Å²) in [5.41, 5.74) is -0.209. The Bertz CT molecular complexity index is 1040. The van der Waals surface area contributed by atoms with E-state index in [1.807, 2.05) is 4.90 Å². The van der Waals surface area contributed by atoms with Crippen LogP contribution in [-0.2, 0) is 17.5 Å². The van der Waals surface area contributed by atoms with Gasteiger partial charge in [0.05, 0.1) is 16.6 Å². The fourth-order valence-corrected chi connectivity index (χ4v) is 4.43. The van der Waals surface area contributed by atoms with E-state index in [0.717, 1.165) is 16.0 Å².